The zero-order valence-corrected chi connectivity index (χ0v) is 18.3. The average Bonchev–Trinajstić information content (AvgIpc) is 2.89. The van der Waals surface area contributed by atoms with Crippen molar-refractivity contribution in [1.82, 2.24) is 15.3 Å². The second-order valence-electron chi connectivity index (χ2n) is 7.95. The van der Waals surface area contributed by atoms with Crippen LogP contribution in [0, 0.1) is 6.92 Å². The summed E-state index contributed by atoms with van der Waals surface area (Å²) in [4.78, 5) is 46.1. The molecule has 0 saturated heterocycles. The molecule has 0 bridgehead atoms. The van der Waals surface area contributed by atoms with E-state index in [9.17, 15) is 14.4 Å². The maximum Gasteiger partial charge on any atom is 0.348 e. The van der Waals surface area contributed by atoms with Gasteiger partial charge in [0.2, 0.25) is 0 Å². The number of rotatable bonds is 6. The van der Waals surface area contributed by atoms with Gasteiger partial charge in [-0.3, -0.25) is 9.59 Å². The number of amides is 1. The van der Waals surface area contributed by atoms with E-state index in [1.165, 1.54) is 0 Å². The molecular formula is C19H29N4O4S+. The molecule has 8 nitrogen and oxygen atoms in total. The third-order valence-corrected chi connectivity index (χ3v) is 5.55. The van der Waals surface area contributed by atoms with Crippen molar-refractivity contribution in [3.63, 3.8) is 0 Å². The Labute approximate surface area is 168 Å². The Kier molecular flexibility index (Phi) is 6.61. The number of nitrogens with one attached hydrogen (secondary N) is 3. The Morgan fingerprint density at radius 1 is 1.36 bits per heavy atom. The van der Waals surface area contributed by atoms with Gasteiger partial charge in [-0.05, 0) is 47.1 Å². The zero-order valence-electron chi connectivity index (χ0n) is 17.5. The molecule has 9 heteroatoms. The fourth-order valence-corrected chi connectivity index (χ4v) is 3.94. The minimum absolute atomic E-state index is 0.0724. The molecule has 0 fully saturated rings. The number of thiophene rings is 1. The van der Waals surface area contributed by atoms with Gasteiger partial charge in [-0.2, -0.15) is 0 Å². The number of aryl methyl sites for hydroxylation is 1. The molecule has 28 heavy (non-hydrogen) atoms. The highest BCUT2D eigenvalue weighted by Crippen LogP contribution is 2.28. The fraction of sp³-hybridized carbons (Fsp3) is 0.579. The van der Waals surface area contributed by atoms with Gasteiger partial charge in [0.15, 0.2) is 12.4 Å². The summed E-state index contributed by atoms with van der Waals surface area (Å²) < 4.78 is 5.06. The molecule has 0 aliphatic carbocycles. The molecule has 2 atom stereocenters. The average molecular weight is 410 g/mol. The fourth-order valence-electron chi connectivity index (χ4n) is 2.86. The van der Waals surface area contributed by atoms with Gasteiger partial charge < -0.3 is 19.9 Å². The van der Waals surface area contributed by atoms with Crippen LogP contribution in [0.4, 0.5) is 0 Å². The smallest absolute Gasteiger partial charge is 0.348 e. The molecule has 0 aliphatic rings. The highest BCUT2D eigenvalue weighted by atomic mass is 32.1. The monoisotopic (exact) mass is 409 g/mol. The maximum atomic E-state index is 12.6. The van der Waals surface area contributed by atoms with Crippen molar-refractivity contribution in [2.24, 2.45) is 0 Å². The Morgan fingerprint density at radius 2 is 2.00 bits per heavy atom. The van der Waals surface area contributed by atoms with Crippen LogP contribution in [0.1, 0.15) is 61.7 Å². The number of carbonyl (C=O) groups is 2. The summed E-state index contributed by atoms with van der Waals surface area (Å²) in [6.45, 7) is 11.7. The molecule has 0 aromatic carbocycles. The van der Waals surface area contributed by atoms with Crippen molar-refractivity contribution in [3.8, 4) is 0 Å². The van der Waals surface area contributed by atoms with Gasteiger partial charge in [-0.1, -0.05) is 0 Å². The first-order chi connectivity index (χ1) is 12.9. The largest absolute Gasteiger partial charge is 0.462 e. The first kappa shape index (κ1) is 22.0. The molecule has 1 amide bonds. The van der Waals surface area contributed by atoms with Crippen LogP contribution < -0.4 is 15.8 Å². The molecule has 2 aromatic heterocycles. The van der Waals surface area contributed by atoms with E-state index in [1.54, 1.807) is 13.8 Å². The van der Waals surface area contributed by atoms with Crippen LogP contribution >= 0.6 is 11.3 Å². The summed E-state index contributed by atoms with van der Waals surface area (Å²) in [6.07, 6.45) is 0. The molecular weight excluding hydrogens is 380 g/mol. The van der Waals surface area contributed by atoms with E-state index in [-0.39, 0.29) is 36.2 Å². The number of quaternary nitrogens is 1. The lowest BCUT2D eigenvalue weighted by Gasteiger charge is -2.24. The number of carbonyl (C=O) groups excluding carboxylic acids is 2. The van der Waals surface area contributed by atoms with Crippen LogP contribution in [0.3, 0.4) is 0 Å². The van der Waals surface area contributed by atoms with Gasteiger partial charge in [0, 0.05) is 5.54 Å². The SMILES string of the molecule is CCOC(=O)c1sc2nc([C@@H](C)[NH+](C)CC(=O)NC(C)(C)C)[nH]c(=O)c2c1C. The van der Waals surface area contributed by atoms with E-state index in [0.717, 1.165) is 16.2 Å². The Morgan fingerprint density at radius 3 is 2.57 bits per heavy atom. The van der Waals surface area contributed by atoms with Crippen molar-refractivity contribution in [2.75, 3.05) is 20.2 Å². The Balaban J connectivity index is 2.31. The second kappa shape index (κ2) is 8.40. The highest BCUT2D eigenvalue weighted by Gasteiger charge is 2.26. The molecule has 3 N–H and O–H groups in total. The Hall–Kier alpha value is -2.26. The molecule has 0 radical (unpaired) electrons. The molecule has 0 spiro atoms. The van der Waals surface area contributed by atoms with E-state index in [2.05, 4.69) is 15.3 Å². The number of fused-ring (bicyclic) bond motifs is 1. The summed E-state index contributed by atoms with van der Waals surface area (Å²) in [5.74, 6) is -0.0364. The lowest BCUT2D eigenvalue weighted by Crippen LogP contribution is -3.10. The number of aromatic nitrogens is 2. The second-order valence-corrected chi connectivity index (χ2v) is 8.95. The number of H-pyrrole nitrogens is 1. The van der Waals surface area contributed by atoms with Gasteiger partial charge in [0.1, 0.15) is 15.7 Å². The van der Waals surface area contributed by atoms with Crippen LogP contribution in [0.2, 0.25) is 0 Å². The highest BCUT2D eigenvalue weighted by molar-refractivity contribution is 7.20. The normalized spacial score (nSPS) is 14.0. The third kappa shape index (κ3) is 4.96. The van der Waals surface area contributed by atoms with E-state index in [4.69, 9.17) is 4.74 Å². The standard InChI is InChI=1S/C19H28N4O4S/c1-8-27-18(26)14-10(2)13-16(25)20-15(21-17(13)28-14)11(3)23(7)9-12(24)22-19(4,5)6/h11H,8-9H2,1-7H3,(H,22,24)(H,20,21,25)/p+1/t11-/m1/s1. The van der Waals surface area contributed by atoms with E-state index >= 15 is 0 Å². The topological polar surface area (TPSA) is 106 Å². The van der Waals surface area contributed by atoms with Crippen molar-refractivity contribution in [3.05, 3.63) is 26.6 Å². The van der Waals surface area contributed by atoms with E-state index in [0.29, 0.717) is 26.5 Å². The molecule has 0 saturated carbocycles. The first-order valence-corrected chi connectivity index (χ1v) is 10.1. The summed E-state index contributed by atoms with van der Waals surface area (Å²) in [6, 6.07) is -0.212. The van der Waals surface area contributed by atoms with Gasteiger partial charge in [-0.25, -0.2) is 9.78 Å². The number of aromatic amines is 1. The number of hydrogen-bond acceptors (Lipinski definition) is 6. The third-order valence-electron chi connectivity index (χ3n) is 4.38. The van der Waals surface area contributed by atoms with Gasteiger partial charge >= 0.3 is 5.97 Å². The number of ether oxygens (including phenoxy) is 1. The number of hydrogen-bond donors (Lipinski definition) is 3. The van der Waals surface area contributed by atoms with Crippen molar-refractivity contribution >= 4 is 33.4 Å². The molecule has 2 rings (SSSR count). The quantitative estimate of drug-likeness (QED) is 0.617. The summed E-state index contributed by atoms with van der Waals surface area (Å²) >= 11 is 1.16. The molecule has 1 unspecified atom stereocenters. The number of likely N-dealkylation sites (N-methyl/N-ethyl adjacent to an activating group) is 1. The van der Waals surface area contributed by atoms with Gasteiger partial charge in [0.05, 0.1) is 19.0 Å². The predicted molar refractivity (Wildman–Crippen MR) is 109 cm³/mol. The molecule has 2 heterocycles. The van der Waals surface area contributed by atoms with E-state index < -0.39 is 5.97 Å². The maximum absolute atomic E-state index is 12.6. The van der Waals surface area contributed by atoms with Crippen LogP contribution in [0.15, 0.2) is 4.79 Å². The summed E-state index contributed by atoms with van der Waals surface area (Å²) in [5.41, 5.74) is -0.0101. The van der Waals surface area contributed by atoms with Crippen molar-refractivity contribution in [2.45, 2.75) is 53.1 Å². The van der Waals surface area contributed by atoms with E-state index in [1.807, 2.05) is 34.7 Å². The molecule has 154 valence electrons. The van der Waals surface area contributed by atoms with Crippen LogP contribution in [0.5, 0.6) is 0 Å². The minimum atomic E-state index is -0.446. The minimum Gasteiger partial charge on any atom is -0.462 e. The molecule has 0 aliphatic heterocycles. The number of nitrogens with zero attached hydrogens (tertiary/aromatic N) is 1. The zero-order chi connectivity index (χ0) is 21.2. The Bertz CT molecular complexity index is 942. The van der Waals surface area contributed by atoms with Crippen LogP contribution in [0.25, 0.3) is 10.2 Å². The summed E-state index contributed by atoms with van der Waals surface area (Å²) in [7, 11) is 1.88. The molecule has 2 aromatic rings. The lowest BCUT2D eigenvalue weighted by atomic mass is 10.1. The van der Waals surface area contributed by atoms with Crippen molar-refractivity contribution in [1.29, 1.82) is 0 Å². The van der Waals surface area contributed by atoms with Gasteiger partial charge in [-0.15, -0.1) is 11.3 Å². The predicted octanol–water partition coefficient (Wildman–Crippen LogP) is 0.960. The summed E-state index contributed by atoms with van der Waals surface area (Å²) in [5, 5.41) is 3.34. The van der Waals surface area contributed by atoms with Crippen LogP contribution in [-0.2, 0) is 9.53 Å². The van der Waals surface area contributed by atoms with Gasteiger partial charge in [0.25, 0.3) is 11.5 Å². The van der Waals surface area contributed by atoms with Crippen molar-refractivity contribution < 1.29 is 19.2 Å². The van der Waals surface area contributed by atoms with Crippen LogP contribution in [-0.4, -0.2) is 47.6 Å². The first-order valence-electron chi connectivity index (χ1n) is 9.28. The lowest BCUT2D eigenvalue weighted by molar-refractivity contribution is -0.903. The number of esters is 1.